The van der Waals surface area contributed by atoms with Crippen molar-refractivity contribution < 1.29 is 4.74 Å². The number of ether oxygens (including phenoxy) is 1. The molecular formula is C15H17ClN4O2. The van der Waals surface area contributed by atoms with E-state index in [1.807, 2.05) is 38.1 Å². The van der Waals surface area contributed by atoms with E-state index < -0.39 is 0 Å². The summed E-state index contributed by atoms with van der Waals surface area (Å²) in [6, 6.07) is 7.50. The minimum Gasteiger partial charge on any atom is -0.491 e. The molecule has 0 atom stereocenters. The summed E-state index contributed by atoms with van der Waals surface area (Å²) < 4.78 is 6.72. The van der Waals surface area contributed by atoms with Gasteiger partial charge in [0, 0.05) is 7.05 Å². The van der Waals surface area contributed by atoms with Gasteiger partial charge in [0.05, 0.1) is 18.5 Å². The fourth-order valence-corrected chi connectivity index (χ4v) is 1.88. The number of nitrogens with zero attached hydrogens (tertiary/aromatic N) is 3. The second-order valence-corrected chi connectivity index (χ2v) is 5.28. The quantitative estimate of drug-likeness (QED) is 0.679. The monoisotopic (exact) mass is 320 g/mol. The molecule has 0 fully saturated rings. The van der Waals surface area contributed by atoms with Gasteiger partial charge < -0.3 is 4.74 Å². The predicted molar refractivity (Wildman–Crippen MR) is 87.9 cm³/mol. The van der Waals surface area contributed by atoms with Gasteiger partial charge in [0.1, 0.15) is 16.5 Å². The normalized spacial score (nSPS) is 11.1. The molecule has 0 aliphatic heterocycles. The van der Waals surface area contributed by atoms with Crippen LogP contribution < -0.4 is 15.7 Å². The van der Waals surface area contributed by atoms with Gasteiger partial charge in [-0.15, -0.1) is 0 Å². The molecule has 0 saturated heterocycles. The molecule has 0 radical (unpaired) electrons. The lowest BCUT2D eigenvalue weighted by atomic mass is 10.2. The predicted octanol–water partition coefficient (Wildman–Crippen LogP) is 2.67. The minimum atomic E-state index is -0.378. The zero-order valence-electron chi connectivity index (χ0n) is 12.6. The molecule has 22 heavy (non-hydrogen) atoms. The Balaban J connectivity index is 2.04. The van der Waals surface area contributed by atoms with E-state index in [2.05, 4.69) is 15.6 Å². The Bertz CT molecular complexity index is 723. The summed E-state index contributed by atoms with van der Waals surface area (Å²) in [7, 11) is 1.53. The van der Waals surface area contributed by atoms with Gasteiger partial charge in [0.2, 0.25) is 0 Å². The lowest BCUT2D eigenvalue weighted by Gasteiger charge is -2.09. The largest absolute Gasteiger partial charge is 0.491 e. The molecule has 0 amide bonds. The minimum absolute atomic E-state index is 0.0512. The zero-order valence-corrected chi connectivity index (χ0v) is 13.3. The smallest absolute Gasteiger partial charge is 0.287 e. The Morgan fingerprint density at radius 3 is 2.68 bits per heavy atom. The maximum atomic E-state index is 11.6. The molecular weight excluding hydrogens is 304 g/mol. The second kappa shape index (κ2) is 7.09. The van der Waals surface area contributed by atoms with Gasteiger partial charge >= 0.3 is 0 Å². The van der Waals surface area contributed by atoms with Crippen molar-refractivity contribution in [2.45, 2.75) is 20.0 Å². The van der Waals surface area contributed by atoms with Crippen LogP contribution in [0, 0.1) is 0 Å². The number of hydrogen-bond acceptors (Lipinski definition) is 5. The highest BCUT2D eigenvalue weighted by Gasteiger charge is 2.05. The number of hydrazone groups is 1. The molecule has 0 saturated carbocycles. The highest BCUT2D eigenvalue weighted by atomic mass is 35.5. The summed E-state index contributed by atoms with van der Waals surface area (Å²) in [5.74, 6) is 0.805. The summed E-state index contributed by atoms with van der Waals surface area (Å²) in [6.45, 7) is 3.95. The van der Waals surface area contributed by atoms with Crippen LogP contribution in [0.15, 0.2) is 40.4 Å². The number of rotatable bonds is 5. The molecule has 0 spiro atoms. The Labute approximate surface area is 133 Å². The SMILES string of the molecule is CC(C)Oc1ccc(/C=N\Nc2cnn(C)c(=O)c2Cl)cc1. The van der Waals surface area contributed by atoms with Crippen LogP contribution in [0.1, 0.15) is 19.4 Å². The number of hydrogen-bond donors (Lipinski definition) is 1. The fraction of sp³-hybridized carbons (Fsp3) is 0.267. The second-order valence-electron chi connectivity index (χ2n) is 4.91. The Morgan fingerprint density at radius 2 is 2.05 bits per heavy atom. The molecule has 2 aromatic rings. The lowest BCUT2D eigenvalue weighted by molar-refractivity contribution is 0.242. The van der Waals surface area contributed by atoms with Crippen molar-refractivity contribution >= 4 is 23.5 Å². The highest BCUT2D eigenvalue weighted by molar-refractivity contribution is 6.32. The molecule has 0 aliphatic carbocycles. The number of anilines is 1. The zero-order chi connectivity index (χ0) is 16.1. The number of aryl methyl sites for hydroxylation is 1. The van der Waals surface area contributed by atoms with Gasteiger partial charge in [0.25, 0.3) is 5.56 Å². The summed E-state index contributed by atoms with van der Waals surface area (Å²) in [6.07, 6.45) is 3.20. The molecule has 7 heteroatoms. The fourth-order valence-electron chi connectivity index (χ4n) is 1.67. The first-order chi connectivity index (χ1) is 10.5. The van der Waals surface area contributed by atoms with Crippen LogP contribution in [0.4, 0.5) is 5.69 Å². The van der Waals surface area contributed by atoms with E-state index in [-0.39, 0.29) is 16.7 Å². The molecule has 0 bridgehead atoms. The summed E-state index contributed by atoms with van der Waals surface area (Å²) >= 11 is 5.92. The number of benzene rings is 1. The van der Waals surface area contributed by atoms with Crippen molar-refractivity contribution in [2.24, 2.45) is 12.1 Å². The van der Waals surface area contributed by atoms with E-state index in [1.165, 1.54) is 13.2 Å². The maximum absolute atomic E-state index is 11.6. The van der Waals surface area contributed by atoms with E-state index in [1.54, 1.807) is 6.21 Å². The third-order valence-electron chi connectivity index (χ3n) is 2.73. The Hall–Kier alpha value is -2.34. The lowest BCUT2D eigenvalue weighted by Crippen LogP contribution is -2.20. The van der Waals surface area contributed by atoms with Crippen LogP contribution in [-0.4, -0.2) is 22.1 Å². The van der Waals surface area contributed by atoms with E-state index in [9.17, 15) is 4.79 Å². The maximum Gasteiger partial charge on any atom is 0.287 e. The summed E-state index contributed by atoms with van der Waals surface area (Å²) in [5.41, 5.74) is 3.58. The van der Waals surface area contributed by atoms with Crippen molar-refractivity contribution in [1.82, 2.24) is 9.78 Å². The molecule has 1 N–H and O–H groups in total. The first-order valence-corrected chi connectivity index (χ1v) is 7.13. The van der Waals surface area contributed by atoms with E-state index in [0.29, 0.717) is 5.69 Å². The topological polar surface area (TPSA) is 68.5 Å². The van der Waals surface area contributed by atoms with Crippen LogP contribution in [0.5, 0.6) is 5.75 Å². The molecule has 0 unspecified atom stereocenters. The number of nitrogens with one attached hydrogen (secondary N) is 1. The third-order valence-corrected chi connectivity index (χ3v) is 3.09. The van der Waals surface area contributed by atoms with Crippen molar-refractivity contribution in [3.8, 4) is 5.75 Å². The number of halogens is 1. The van der Waals surface area contributed by atoms with Crippen LogP contribution in [-0.2, 0) is 7.05 Å². The molecule has 1 heterocycles. The van der Waals surface area contributed by atoms with Crippen LogP contribution in [0.25, 0.3) is 0 Å². The molecule has 1 aromatic heterocycles. The number of aromatic nitrogens is 2. The molecule has 0 aliphatic rings. The van der Waals surface area contributed by atoms with Crippen molar-refractivity contribution in [1.29, 1.82) is 0 Å². The molecule has 6 nitrogen and oxygen atoms in total. The summed E-state index contributed by atoms with van der Waals surface area (Å²) in [5, 5.41) is 7.97. The van der Waals surface area contributed by atoms with E-state index in [4.69, 9.17) is 16.3 Å². The summed E-state index contributed by atoms with van der Waals surface area (Å²) in [4.78, 5) is 11.6. The van der Waals surface area contributed by atoms with Gasteiger partial charge in [0.15, 0.2) is 0 Å². The highest BCUT2D eigenvalue weighted by Crippen LogP contribution is 2.15. The first kappa shape index (κ1) is 16.0. The Kier molecular flexibility index (Phi) is 5.16. The van der Waals surface area contributed by atoms with Crippen molar-refractivity contribution in [3.63, 3.8) is 0 Å². The van der Waals surface area contributed by atoms with Gasteiger partial charge in [-0.2, -0.15) is 10.2 Å². The average Bonchev–Trinajstić information content (AvgIpc) is 2.48. The van der Waals surface area contributed by atoms with E-state index >= 15 is 0 Å². The van der Waals surface area contributed by atoms with Gasteiger partial charge in [-0.1, -0.05) is 11.6 Å². The molecule has 1 aromatic carbocycles. The van der Waals surface area contributed by atoms with E-state index in [0.717, 1.165) is 16.0 Å². The van der Waals surface area contributed by atoms with Gasteiger partial charge in [-0.3, -0.25) is 10.2 Å². The van der Waals surface area contributed by atoms with Gasteiger partial charge in [-0.05, 0) is 43.7 Å². The standard InChI is InChI=1S/C15H17ClN4O2/c1-10(2)22-12-6-4-11(5-7-12)8-17-19-13-9-18-20(3)15(21)14(13)16/h4-10,19H,1-3H3/b17-8-. The van der Waals surface area contributed by atoms with Crippen LogP contribution in [0.2, 0.25) is 5.02 Å². The average molecular weight is 321 g/mol. The van der Waals surface area contributed by atoms with Crippen LogP contribution >= 0.6 is 11.6 Å². The molecule has 2 rings (SSSR count). The van der Waals surface area contributed by atoms with Crippen LogP contribution in [0.3, 0.4) is 0 Å². The van der Waals surface area contributed by atoms with Crippen molar-refractivity contribution in [2.75, 3.05) is 5.43 Å². The van der Waals surface area contributed by atoms with Crippen molar-refractivity contribution in [3.05, 3.63) is 51.4 Å². The third kappa shape index (κ3) is 4.08. The Morgan fingerprint density at radius 1 is 1.36 bits per heavy atom. The molecule has 116 valence electrons. The van der Waals surface area contributed by atoms with Gasteiger partial charge in [-0.25, -0.2) is 4.68 Å². The first-order valence-electron chi connectivity index (χ1n) is 6.75.